The van der Waals surface area contributed by atoms with Crippen LogP contribution < -0.4 is 10.6 Å². The van der Waals surface area contributed by atoms with Crippen LogP contribution in [0.15, 0.2) is 0 Å². The van der Waals surface area contributed by atoms with E-state index in [1.807, 2.05) is 13.8 Å². The van der Waals surface area contributed by atoms with Gasteiger partial charge in [-0.05, 0) is 50.9 Å². The van der Waals surface area contributed by atoms with Crippen LogP contribution >= 0.6 is 0 Å². The topological polar surface area (TPSA) is 133 Å². The van der Waals surface area contributed by atoms with Gasteiger partial charge in [-0.15, -0.1) is 0 Å². The van der Waals surface area contributed by atoms with Gasteiger partial charge in [-0.1, -0.05) is 33.6 Å². The lowest BCUT2D eigenvalue weighted by Crippen LogP contribution is -2.31. The number of aliphatic carboxylic acids is 2. The molecule has 0 aromatic rings. The maximum absolute atomic E-state index is 12.2. The first kappa shape index (κ1) is 28.9. The number of carboxylic acid groups (broad SMARTS) is 2. The fourth-order valence-corrected chi connectivity index (χ4v) is 3.42. The second kappa shape index (κ2) is 17.5. The number of unbranched alkanes of at least 4 members (excludes halogenated alkanes) is 4. The Hall–Kier alpha value is -2.12. The highest BCUT2D eigenvalue weighted by Crippen LogP contribution is 2.20. The Kier molecular flexibility index (Phi) is 16.3. The quantitative estimate of drug-likeness (QED) is 0.226. The predicted octanol–water partition coefficient (Wildman–Crippen LogP) is 3.59. The highest BCUT2D eigenvalue weighted by molar-refractivity contribution is 5.78. The number of carbonyl (C=O) groups is 4. The van der Waals surface area contributed by atoms with Crippen LogP contribution in [0.25, 0.3) is 0 Å². The highest BCUT2D eigenvalue weighted by atomic mass is 16.4. The van der Waals surface area contributed by atoms with Crippen molar-refractivity contribution in [1.82, 2.24) is 10.6 Å². The average molecular weight is 443 g/mol. The van der Waals surface area contributed by atoms with Crippen molar-refractivity contribution in [2.24, 2.45) is 17.8 Å². The van der Waals surface area contributed by atoms with E-state index in [1.54, 1.807) is 0 Å². The molecule has 0 aliphatic heterocycles. The van der Waals surface area contributed by atoms with Gasteiger partial charge in [0.05, 0.1) is 0 Å². The van der Waals surface area contributed by atoms with Gasteiger partial charge in [-0.25, -0.2) is 0 Å². The average Bonchev–Trinajstić information content (AvgIpc) is 2.70. The Bertz CT molecular complexity index is 552. The smallest absolute Gasteiger partial charge is 0.303 e. The lowest BCUT2D eigenvalue weighted by atomic mass is 9.90. The van der Waals surface area contributed by atoms with E-state index in [9.17, 15) is 19.2 Å². The third-order valence-corrected chi connectivity index (χ3v) is 5.48. The zero-order valence-electron chi connectivity index (χ0n) is 19.5. The molecule has 0 saturated heterocycles. The Morgan fingerprint density at radius 2 is 1.10 bits per heavy atom. The van der Waals surface area contributed by atoms with Gasteiger partial charge in [0.1, 0.15) is 0 Å². The first-order valence-electron chi connectivity index (χ1n) is 11.6. The summed E-state index contributed by atoms with van der Waals surface area (Å²) in [6.45, 7) is 7.07. The number of hydrogen-bond donors (Lipinski definition) is 4. The van der Waals surface area contributed by atoms with Gasteiger partial charge in [0.15, 0.2) is 0 Å². The first-order chi connectivity index (χ1) is 14.6. The molecule has 0 spiro atoms. The minimum absolute atomic E-state index is 0.0266. The highest BCUT2D eigenvalue weighted by Gasteiger charge is 2.18. The van der Waals surface area contributed by atoms with Crippen LogP contribution in [0.5, 0.6) is 0 Å². The van der Waals surface area contributed by atoms with Crippen LogP contribution in [0.3, 0.4) is 0 Å². The van der Waals surface area contributed by atoms with Crippen LogP contribution in [0, 0.1) is 17.8 Å². The molecular formula is C23H42N2O6. The minimum atomic E-state index is -0.786. The molecule has 0 radical (unpaired) electrons. The Labute approximate surface area is 186 Å². The van der Waals surface area contributed by atoms with Crippen LogP contribution in [-0.2, 0) is 19.2 Å². The molecule has 0 aliphatic rings. The second-order valence-electron chi connectivity index (χ2n) is 8.71. The SMILES string of the molecule is CC(CCC(C)C(=O)NCCCCCC(=O)O)CC(C)C(=O)NCCCCCC(=O)O. The van der Waals surface area contributed by atoms with E-state index in [0.717, 1.165) is 44.9 Å². The molecule has 2 amide bonds. The summed E-state index contributed by atoms with van der Waals surface area (Å²) in [5.74, 6) is -1.36. The molecule has 0 rings (SSSR count). The molecule has 4 N–H and O–H groups in total. The van der Waals surface area contributed by atoms with Crippen LogP contribution in [0.2, 0.25) is 0 Å². The van der Waals surface area contributed by atoms with Gasteiger partial charge in [-0.2, -0.15) is 0 Å². The van der Waals surface area contributed by atoms with E-state index in [-0.39, 0.29) is 36.5 Å². The van der Waals surface area contributed by atoms with E-state index >= 15 is 0 Å². The summed E-state index contributed by atoms with van der Waals surface area (Å²) < 4.78 is 0. The lowest BCUT2D eigenvalue weighted by molar-refractivity contribution is -0.138. The molecule has 8 heteroatoms. The molecule has 0 saturated carbocycles. The molecule has 0 fully saturated rings. The molecule has 0 aliphatic carbocycles. The second-order valence-corrected chi connectivity index (χ2v) is 8.71. The van der Waals surface area contributed by atoms with Crippen molar-refractivity contribution < 1.29 is 29.4 Å². The van der Waals surface area contributed by atoms with Gasteiger partial charge in [0.2, 0.25) is 11.8 Å². The van der Waals surface area contributed by atoms with E-state index < -0.39 is 11.9 Å². The molecular weight excluding hydrogens is 400 g/mol. The monoisotopic (exact) mass is 442 g/mol. The van der Waals surface area contributed by atoms with Crippen molar-refractivity contribution >= 4 is 23.8 Å². The van der Waals surface area contributed by atoms with Gasteiger partial charge < -0.3 is 20.8 Å². The summed E-state index contributed by atoms with van der Waals surface area (Å²) in [4.78, 5) is 45.3. The van der Waals surface area contributed by atoms with Crippen LogP contribution in [-0.4, -0.2) is 47.1 Å². The Balaban J connectivity index is 3.87. The number of hydrogen-bond acceptors (Lipinski definition) is 4. The molecule has 8 nitrogen and oxygen atoms in total. The van der Waals surface area contributed by atoms with Crippen molar-refractivity contribution in [2.45, 2.75) is 91.4 Å². The summed E-state index contributed by atoms with van der Waals surface area (Å²) in [6.07, 6.45) is 7.17. The van der Waals surface area contributed by atoms with Crippen molar-refractivity contribution in [1.29, 1.82) is 0 Å². The summed E-state index contributed by atoms with van der Waals surface area (Å²) in [7, 11) is 0. The maximum Gasteiger partial charge on any atom is 0.303 e. The van der Waals surface area contributed by atoms with E-state index in [2.05, 4.69) is 17.6 Å². The third-order valence-electron chi connectivity index (χ3n) is 5.48. The number of carboxylic acids is 2. The summed E-state index contributed by atoms with van der Waals surface area (Å²) in [5.41, 5.74) is 0. The van der Waals surface area contributed by atoms with Crippen LogP contribution in [0.4, 0.5) is 0 Å². The van der Waals surface area contributed by atoms with E-state index in [0.29, 0.717) is 31.8 Å². The third kappa shape index (κ3) is 17.3. The fraction of sp³-hybridized carbons (Fsp3) is 0.826. The fourth-order valence-electron chi connectivity index (χ4n) is 3.42. The van der Waals surface area contributed by atoms with E-state index in [4.69, 9.17) is 10.2 Å². The van der Waals surface area contributed by atoms with Crippen molar-refractivity contribution in [3.63, 3.8) is 0 Å². The van der Waals surface area contributed by atoms with Crippen LogP contribution in [0.1, 0.15) is 91.4 Å². The molecule has 180 valence electrons. The molecule has 0 aromatic carbocycles. The van der Waals surface area contributed by atoms with Gasteiger partial charge in [0.25, 0.3) is 0 Å². The summed E-state index contributed by atoms with van der Waals surface area (Å²) >= 11 is 0. The first-order valence-corrected chi connectivity index (χ1v) is 11.6. The molecule has 0 heterocycles. The van der Waals surface area contributed by atoms with Crippen molar-refractivity contribution in [2.75, 3.05) is 13.1 Å². The van der Waals surface area contributed by atoms with Gasteiger partial charge in [-0.3, -0.25) is 19.2 Å². The number of rotatable bonds is 19. The Morgan fingerprint density at radius 1 is 0.645 bits per heavy atom. The van der Waals surface area contributed by atoms with Crippen molar-refractivity contribution in [3.05, 3.63) is 0 Å². The largest absolute Gasteiger partial charge is 0.481 e. The zero-order chi connectivity index (χ0) is 23.6. The predicted molar refractivity (Wildman–Crippen MR) is 120 cm³/mol. The molecule has 3 unspecified atom stereocenters. The number of amides is 2. The minimum Gasteiger partial charge on any atom is -0.481 e. The maximum atomic E-state index is 12.2. The normalized spacial score (nSPS) is 13.8. The molecule has 0 bridgehead atoms. The number of carbonyl (C=O) groups excluding carboxylic acids is 2. The van der Waals surface area contributed by atoms with E-state index in [1.165, 1.54) is 0 Å². The molecule has 31 heavy (non-hydrogen) atoms. The molecule has 3 atom stereocenters. The lowest BCUT2D eigenvalue weighted by Gasteiger charge is -2.19. The van der Waals surface area contributed by atoms with Gasteiger partial charge >= 0.3 is 11.9 Å². The summed E-state index contributed by atoms with van der Waals surface area (Å²) in [5, 5.41) is 23.0. The van der Waals surface area contributed by atoms with Gasteiger partial charge in [0, 0.05) is 37.8 Å². The number of nitrogens with one attached hydrogen (secondary N) is 2. The standard InChI is InChI=1S/C23H42N2O6/c1-17(16-19(3)23(31)25-15-9-5-7-11-21(28)29)12-13-18(2)22(30)24-14-8-4-6-10-20(26)27/h17-19H,4-16H2,1-3H3,(H,24,30)(H,25,31)(H,26,27)(H,28,29). The summed E-state index contributed by atoms with van der Waals surface area (Å²) in [6, 6.07) is 0. The zero-order valence-corrected chi connectivity index (χ0v) is 19.5. The Morgan fingerprint density at radius 3 is 1.55 bits per heavy atom. The van der Waals surface area contributed by atoms with Crippen molar-refractivity contribution in [3.8, 4) is 0 Å². The molecule has 0 aromatic heterocycles.